The second-order valence-corrected chi connectivity index (χ2v) is 14.2. The third-order valence-electron chi connectivity index (χ3n) is 10.9. The molecule has 11 aromatic rings. The van der Waals surface area contributed by atoms with E-state index in [0.29, 0.717) is 0 Å². The van der Waals surface area contributed by atoms with Gasteiger partial charge in [-0.3, -0.25) is 4.98 Å². The summed E-state index contributed by atoms with van der Waals surface area (Å²) in [6.07, 6.45) is 1.90. The van der Waals surface area contributed by atoms with Gasteiger partial charge in [0, 0.05) is 27.1 Å². The average Bonchev–Trinajstić information content (AvgIpc) is 3.65. The molecule has 3 nitrogen and oxygen atoms in total. The maximum atomic E-state index is 6.07. The molecule has 0 saturated carbocycles. The molecule has 0 bridgehead atoms. The lowest BCUT2D eigenvalue weighted by Gasteiger charge is -2.11. The highest BCUT2D eigenvalue weighted by atomic mass is 16.3. The first-order valence-electron chi connectivity index (χ1n) is 18.6. The zero-order valence-corrected chi connectivity index (χ0v) is 29.8. The minimum absolute atomic E-state index is 0.867. The standard InChI is InChI=1S/C52H32N2O/c1-3-16-45-42(13-1)43-14-2-4-17-46(43)52-51(45)53-32-48(54-52)36-25-23-35(24-26-36)38-10-7-9-37(29-38)33-19-21-34(22-20-33)39-11-8-12-40(30-39)41-27-28-50-47(31-41)44-15-5-6-18-49(44)55-50/h1-32H. The number of para-hydroxylation sites is 1. The maximum Gasteiger partial charge on any atom is 0.135 e. The number of nitrogens with zero attached hydrogens (tertiary/aromatic N) is 2. The van der Waals surface area contributed by atoms with Gasteiger partial charge in [0.15, 0.2) is 0 Å². The number of hydrogen-bond donors (Lipinski definition) is 0. The minimum atomic E-state index is 0.867. The molecule has 11 rings (SSSR count). The first-order chi connectivity index (χ1) is 27.2. The van der Waals surface area contributed by atoms with Gasteiger partial charge in [0.1, 0.15) is 11.2 Å². The fourth-order valence-electron chi connectivity index (χ4n) is 8.11. The molecular formula is C52H32N2O. The average molecular weight is 701 g/mol. The van der Waals surface area contributed by atoms with E-state index in [1.54, 1.807) is 0 Å². The van der Waals surface area contributed by atoms with Crippen molar-refractivity contribution >= 4 is 54.5 Å². The van der Waals surface area contributed by atoms with E-state index in [-0.39, 0.29) is 0 Å². The number of fused-ring (bicyclic) bond motifs is 9. The predicted molar refractivity (Wildman–Crippen MR) is 229 cm³/mol. The van der Waals surface area contributed by atoms with Gasteiger partial charge < -0.3 is 4.42 Å². The third-order valence-corrected chi connectivity index (χ3v) is 10.9. The van der Waals surface area contributed by atoms with Crippen molar-refractivity contribution in [3.63, 3.8) is 0 Å². The fraction of sp³-hybridized carbons (Fsp3) is 0. The van der Waals surface area contributed by atoms with E-state index in [2.05, 4.69) is 176 Å². The molecule has 0 saturated heterocycles. The Morgan fingerprint density at radius 2 is 0.727 bits per heavy atom. The lowest BCUT2D eigenvalue weighted by molar-refractivity contribution is 0.669. The lowest BCUT2D eigenvalue weighted by Crippen LogP contribution is -1.92. The molecule has 0 aliphatic carbocycles. The number of hydrogen-bond acceptors (Lipinski definition) is 3. The van der Waals surface area contributed by atoms with Crippen molar-refractivity contribution in [3.8, 4) is 55.8 Å². The van der Waals surface area contributed by atoms with Crippen LogP contribution in [0.1, 0.15) is 0 Å². The largest absolute Gasteiger partial charge is 0.456 e. The Kier molecular flexibility index (Phi) is 7.17. The Morgan fingerprint density at radius 3 is 1.33 bits per heavy atom. The normalized spacial score (nSPS) is 11.6. The van der Waals surface area contributed by atoms with Gasteiger partial charge in [-0.2, -0.15) is 0 Å². The van der Waals surface area contributed by atoms with Crippen LogP contribution in [0.2, 0.25) is 0 Å². The summed E-state index contributed by atoms with van der Waals surface area (Å²) in [6.45, 7) is 0. The summed E-state index contributed by atoms with van der Waals surface area (Å²) in [6, 6.07) is 66.7. The number of aromatic nitrogens is 2. The fourth-order valence-corrected chi connectivity index (χ4v) is 8.11. The van der Waals surface area contributed by atoms with Crippen molar-refractivity contribution in [2.45, 2.75) is 0 Å². The van der Waals surface area contributed by atoms with Crippen LogP contribution in [0.15, 0.2) is 199 Å². The zero-order chi connectivity index (χ0) is 36.3. The van der Waals surface area contributed by atoms with Gasteiger partial charge in [0.25, 0.3) is 0 Å². The van der Waals surface area contributed by atoms with Crippen LogP contribution >= 0.6 is 0 Å². The van der Waals surface area contributed by atoms with E-state index in [4.69, 9.17) is 14.4 Å². The second-order valence-electron chi connectivity index (χ2n) is 14.2. The molecule has 0 amide bonds. The van der Waals surface area contributed by atoms with Crippen LogP contribution in [0.5, 0.6) is 0 Å². The third kappa shape index (κ3) is 5.36. The summed E-state index contributed by atoms with van der Waals surface area (Å²) in [5.74, 6) is 0. The molecule has 0 N–H and O–H groups in total. The molecule has 55 heavy (non-hydrogen) atoms. The summed E-state index contributed by atoms with van der Waals surface area (Å²) in [4.78, 5) is 10.1. The van der Waals surface area contributed by atoms with Crippen LogP contribution < -0.4 is 0 Å². The SMILES string of the molecule is c1cc(-c2ccc(-c3cccc(-c4ccc5oc6ccccc6c5c4)c3)cc2)cc(-c2ccc(-c3cnc4c5ccccc5c5ccccc5c4n3)cc2)c1. The van der Waals surface area contributed by atoms with Crippen LogP contribution in [0, 0.1) is 0 Å². The van der Waals surface area contributed by atoms with Crippen molar-refractivity contribution in [1.29, 1.82) is 0 Å². The highest BCUT2D eigenvalue weighted by Gasteiger charge is 2.13. The van der Waals surface area contributed by atoms with E-state index in [0.717, 1.165) is 60.6 Å². The van der Waals surface area contributed by atoms with E-state index in [9.17, 15) is 0 Å². The van der Waals surface area contributed by atoms with Gasteiger partial charge in [-0.05, 0) is 85.6 Å². The van der Waals surface area contributed by atoms with Gasteiger partial charge in [0.05, 0.1) is 22.9 Å². The molecule has 256 valence electrons. The molecule has 2 aromatic heterocycles. The molecule has 9 aromatic carbocycles. The zero-order valence-electron chi connectivity index (χ0n) is 29.8. The van der Waals surface area contributed by atoms with Crippen molar-refractivity contribution in [2.24, 2.45) is 0 Å². The van der Waals surface area contributed by atoms with Gasteiger partial charge in [-0.25, -0.2) is 4.98 Å². The van der Waals surface area contributed by atoms with Crippen molar-refractivity contribution < 1.29 is 4.42 Å². The Labute approximate surface area is 317 Å². The molecule has 0 unspecified atom stereocenters. The van der Waals surface area contributed by atoms with E-state index in [1.807, 2.05) is 18.3 Å². The smallest absolute Gasteiger partial charge is 0.135 e. The molecule has 0 radical (unpaired) electrons. The summed E-state index contributed by atoms with van der Waals surface area (Å²) in [5.41, 5.74) is 15.0. The maximum absolute atomic E-state index is 6.07. The highest BCUT2D eigenvalue weighted by Crippen LogP contribution is 2.36. The van der Waals surface area contributed by atoms with Crippen molar-refractivity contribution in [2.75, 3.05) is 0 Å². The number of rotatable bonds is 5. The summed E-state index contributed by atoms with van der Waals surface area (Å²) in [7, 11) is 0. The first-order valence-corrected chi connectivity index (χ1v) is 18.6. The monoisotopic (exact) mass is 700 g/mol. The Bertz CT molecular complexity index is 3210. The first kappa shape index (κ1) is 31.2. The predicted octanol–water partition coefficient (Wildman–Crippen LogP) is 14.2. The molecule has 0 aliphatic rings. The van der Waals surface area contributed by atoms with Gasteiger partial charge in [0.2, 0.25) is 0 Å². The van der Waals surface area contributed by atoms with E-state index in [1.165, 1.54) is 49.7 Å². The van der Waals surface area contributed by atoms with E-state index < -0.39 is 0 Å². The topological polar surface area (TPSA) is 38.9 Å². The van der Waals surface area contributed by atoms with Gasteiger partial charge in [-0.1, -0.05) is 158 Å². The summed E-state index contributed by atoms with van der Waals surface area (Å²) in [5, 5.41) is 6.94. The van der Waals surface area contributed by atoms with Crippen LogP contribution in [0.4, 0.5) is 0 Å². The second kappa shape index (κ2) is 12.6. The summed E-state index contributed by atoms with van der Waals surface area (Å²) >= 11 is 0. The Balaban J connectivity index is 0.863. The molecular weight excluding hydrogens is 669 g/mol. The molecule has 0 fully saturated rings. The lowest BCUT2D eigenvalue weighted by atomic mass is 9.95. The van der Waals surface area contributed by atoms with E-state index >= 15 is 0 Å². The minimum Gasteiger partial charge on any atom is -0.456 e. The van der Waals surface area contributed by atoms with Crippen LogP contribution in [0.25, 0.3) is 110 Å². The Morgan fingerprint density at radius 1 is 0.291 bits per heavy atom. The quantitative estimate of drug-likeness (QED) is 0.168. The molecule has 3 heteroatoms. The molecule has 0 aliphatic heterocycles. The Hall–Kier alpha value is -7.36. The van der Waals surface area contributed by atoms with Crippen molar-refractivity contribution in [3.05, 3.63) is 194 Å². The van der Waals surface area contributed by atoms with Crippen LogP contribution in [0.3, 0.4) is 0 Å². The number of benzene rings is 9. The summed E-state index contributed by atoms with van der Waals surface area (Å²) < 4.78 is 6.07. The van der Waals surface area contributed by atoms with Gasteiger partial charge >= 0.3 is 0 Å². The molecule has 0 spiro atoms. The highest BCUT2D eigenvalue weighted by molar-refractivity contribution is 6.23. The molecule has 0 atom stereocenters. The number of furan rings is 1. The van der Waals surface area contributed by atoms with Crippen LogP contribution in [-0.4, -0.2) is 9.97 Å². The molecule has 2 heterocycles. The van der Waals surface area contributed by atoms with Gasteiger partial charge in [-0.15, -0.1) is 0 Å². The van der Waals surface area contributed by atoms with Crippen LogP contribution in [-0.2, 0) is 0 Å². The van der Waals surface area contributed by atoms with Crippen molar-refractivity contribution in [1.82, 2.24) is 9.97 Å².